The molecule has 0 spiro atoms. The molecule has 5 nitrogen and oxygen atoms in total. The Morgan fingerprint density at radius 3 is 1.53 bits per heavy atom. The van der Waals surface area contributed by atoms with Crippen molar-refractivity contribution >= 4 is 50.5 Å². The van der Waals surface area contributed by atoms with Crippen molar-refractivity contribution in [2.45, 2.75) is 31.5 Å². The van der Waals surface area contributed by atoms with Crippen molar-refractivity contribution in [2.75, 3.05) is 0 Å². The minimum absolute atomic E-state index is 0. The third-order valence-electron chi connectivity index (χ3n) is 8.06. The number of rotatable bonds is 7. The van der Waals surface area contributed by atoms with Crippen LogP contribution in [-0.4, -0.2) is 33.5 Å². The Balaban J connectivity index is 0.000000241. The first-order valence-corrected chi connectivity index (χ1v) is 16.7. The largest absolute Gasteiger partial charge is 0.506 e. The van der Waals surface area contributed by atoms with Crippen LogP contribution in [0.15, 0.2) is 132 Å². The molecule has 0 aliphatic carbocycles. The predicted octanol–water partition coefficient (Wildman–Crippen LogP) is 8.22. The zero-order valence-electron chi connectivity index (χ0n) is 26.4. The van der Waals surface area contributed by atoms with Crippen LogP contribution in [0.5, 0.6) is 5.75 Å². The Morgan fingerprint density at radius 1 is 0.667 bits per heavy atom. The van der Waals surface area contributed by atoms with Crippen LogP contribution >= 0.6 is 7.14 Å². The molecule has 6 aromatic rings. The van der Waals surface area contributed by atoms with Crippen molar-refractivity contribution in [3.05, 3.63) is 143 Å². The number of benzene rings is 5. The second kappa shape index (κ2) is 15.5. The van der Waals surface area contributed by atoms with Crippen molar-refractivity contribution in [3.8, 4) is 5.75 Å². The van der Waals surface area contributed by atoms with E-state index < -0.39 is 47.8 Å². The summed E-state index contributed by atoms with van der Waals surface area (Å²) in [7, 11) is -2.78. The van der Waals surface area contributed by atoms with Crippen LogP contribution in [0.3, 0.4) is 0 Å². The Hall–Kier alpha value is -3.64. The summed E-state index contributed by atoms with van der Waals surface area (Å²) in [6.07, 6.45) is -6.77. The predicted molar refractivity (Wildman–Crippen MR) is 179 cm³/mol. The Bertz CT molecular complexity index is 2180. The fourth-order valence-corrected chi connectivity index (χ4v) is 8.22. The minimum atomic E-state index is -6.77. The molecule has 0 aliphatic heterocycles. The fraction of sp³-hybridized carbons (Fsp3) is 0.135. The first-order chi connectivity index (χ1) is 23.6. The van der Waals surface area contributed by atoms with Gasteiger partial charge in [0.2, 0.25) is 5.78 Å². The summed E-state index contributed by atoms with van der Waals surface area (Å²) >= 11 is 0. The monoisotopic (exact) mass is 866 g/mol. The summed E-state index contributed by atoms with van der Waals surface area (Å²) in [5.41, 5.74) is -3.43. The van der Waals surface area contributed by atoms with Gasteiger partial charge in [0, 0.05) is 82.6 Å². The number of carbonyl (C=O) groups excluding carboxylic acids is 1. The van der Waals surface area contributed by atoms with E-state index in [9.17, 15) is 50.0 Å². The van der Waals surface area contributed by atoms with Crippen molar-refractivity contribution in [1.29, 1.82) is 0 Å². The van der Waals surface area contributed by atoms with Crippen LogP contribution in [0.2, 0.25) is 0 Å². The van der Waals surface area contributed by atoms with E-state index in [0.717, 1.165) is 26.5 Å². The van der Waals surface area contributed by atoms with E-state index in [-0.39, 0.29) is 66.8 Å². The molecule has 0 fully saturated rings. The molecule has 5 aromatic carbocycles. The smallest absolute Gasteiger partial charge is 0.460 e. The first-order valence-electron chi connectivity index (χ1n) is 15.0. The number of alkyl halides is 7. The van der Waals surface area contributed by atoms with E-state index in [0.29, 0.717) is 10.8 Å². The molecule has 0 saturated heterocycles. The quantitative estimate of drug-likeness (QED) is 0.0761. The average molecular weight is 866 g/mol. The molecule has 51 heavy (non-hydrogen) atoms. The summed E-state index contributed by atoms with van der Waals surface area (Å²) in [5.74, 6) is -17.6. The number of carbonyl (C=O) groups is 1. The molecule has 1 N–H and O–H groups in total. The molecule has 0 atom stereocenters. The summed E-state index contributed by atoms with van der Waals surface area (Å²) in [6, 6.07) is 38.1. The number of fused-ring (bicyclic) bond motifs is 3. The number of nitrogens with zero attached hydrogens (tertiary/aromatic N) is 1. The SMILES string of the molecule is CCn1c(=O)c(C(=O)C(F)(F)C(F)(F)C(F)(F)F)c(O)c2ccc3ccccc3c21.O=P(c1ccccc1)(c1ccccc1)c1ccccc1.[Eu]. The number of pyridine rings is 1. The van der Waals surface area contributed by atoms with Gasteiger partial charge in [-0.15, -0.1) is 0 Å². The second-order valence-electron chi connectivity index (χ2n) is 11.0. The van der Waals surface area contributed by atoms with Crippen molar-refractivity contribution < 1.29 is 94.6 Å². The molecule has 0 amide bonds. The Kier molecular flexibility index (Phi) is 12.2. The van der Waals surface area contributed by atoms with Gasteiger partial charge in [0.05, 0.1) is 5.52 Å². The standard InChI is InChI=1S/C19H12F7NO3.C18H15OP.Eu/c1-2-27-13-10-6-4-3-5-9(10)7-8-11(13)14(28)12(16(27)30)15(29)17(20,21)18(22,23)19(24,25)26;19-20(16-10-4-1-5-11-16,17-12-6-2-7-13-17)18-14-8-3-9-15-18;/h3-8,28H,2H2,1H3;1-15H;. The number of aryl methyl sites for hydroxylation is 1. The van der Waals surface area contributed by atoms with Gasteiger partial charge in [-0.25, -0.2) is 0 Å². The van der Waals surface area contributed by atoms with Gasteiger partial charge >= 0.3 is 18.0 Å². The molecule has 1 radical (unpaired) electrons. The third-order valence-corrected chi connectivity index (χ3v) is 11.1. The number of Topliss-reactive ketones (excluding diaryl/α,β-unsaturated/α-hetero) is 1. The molecular formula is C37H27EuF7NO4P. The maximum Gasteiger partial charge on any atom is 0.460 e. The van der Waals surface area contributed by atoms with Crippen LogP contribution < -0.4 is 21.5 Å². The van der Waals surface area contributed by atoms with Crippen molar-refractivity contribution in [3.63, 3.8) is 0 Å². The van der Waals surface area contributed by atoms with Crippen molar-refractivity contribution in [1.82, 2.24) is 4.57 Å². The van der Waals surface area contributed by atoms with Crippen LogP contribution in [0.1, 0.15) is 17.3 Å². The molecule has 0 aliphatic rings. The summed E-state index contributed by atoms with van der Waals surface area (Å²) in [6.45, 7) is 1.13. The van der Waals surface area contributed by atoms with E-state index in [1.165, 1.54) is 19.1 Å². The van der Waals surface area contributed by atoms with E-state index in [2.05, 4.69) is 0 Å². The molecule has 265 valence electrons. The van der Waals surface area contributed by atoms with Gasteiger partial charge in [0.1, 0.15) is 11.3 Å². The Labute approximate surface area is 327 Å². The van der Waals surface area contributed by atoms with Gasteiger partial charge in [-0.3, -0.25) is 9.59 Å². The molecule has 1 heterocycles. The zero-order valence-corrected chi connectivity index (χ0v) is 29.7. The van der Waals surface area contributed by atoms with Gasteiger partial charge in [0.15, 0.2) is 7.14 Å². The number of ketones is 1. The average Bonchev–Trinajstić information content (AvgIpc) is 3.12. The molecule has 1 aromatic heterocycles. The first kappa shape index (κ1) is 40.1. The molecule has 0 bridgehead atoms. The molecule has 0 unspecified atom stereocenters. The van der Waals surface area contributed by atoms with E-state index in [1.54, 1.807) is 18.2 Å². The van der Waals surface area contributed by atoms with Crippen LogP contribution in [0.25, 0.3) is 21.7 Å². The van der Waals surface area contributed by atoms with E-state index in [1.807, 2.05) is 91.0 Å². The number of halogens is 7. The number of aromatic hydroxyl groups is 1. The second-order valence-corrected chi connectivity index (χ2v) is 13.8. The number of aromatic nitrogens is 1. The van der Waals surface area contributed by atoms with Crippen LogP contribution in [0.4, 0.5) is 30.7 Å². The van der Waals surface area contributed by atoms with Gasteiger partial charge in [-0.05, 0) is 18.4 Å². The maximum absolute atomic E-state index is 13.9. The van der Waals surface area contributed by atoms with Crippen molar-refractivity contribution in [2.24, 2.45) is 0 Å². The normalized spacial score (nSPS) is 12.2. The molecule has 14 heteroatoms. The zero-order chi connectivity index (χ0) is 36.5. The van der Waals surface area contributed by atoms with Gasteiger partial charge < -0.3 is 14.2 Å². The van der Waals surface area contributed by atoms with Crippen LogP contribution in [-0.2, 0) is 11.1 Å². The fourth-order valence-electron chi connectivity index (χ4n) is 5.55. The van der Waals surface area contributed by atoms with Crippen LogP contribution in [0, 0.1) is 49.4 Å². The third kappa shape index (κ3) is 7.23. The molecule has 6 rings (SSSR count). The molecular weight excluding hydrogens is 838 g/mol. The minimum Gasteiger partial charge on any atom is -0.506 e. The van der Waals surface area contributed by atoms with E-state index >= 15 is 0 Å². The van der Waals surface area contributed by atoms with E-state index in [4.69, 9.17) is 0 Å². The van der Waals surface area contributed by atoms with Gasteiger partial charge in [-0.1, -0.05) is 121 Å². The summed E-state index contributed by atoms with van der Waals surface area (Å²) < 4.78 is 106. The summed E-state index contributed by atoms with van der Waals surface area (Å²) in [4.78, 5) is 24.7. The number of hydrogen-bond donors (Lipinski definition) is 1. The van der Waals surface area contributed by atoms with Gasteiger partial charge in [-0.2, -0.15) is 30.7 Å². The molecule has 0 saturated carbocycles. The number of hydrogen-bond acceptors (Lipinski definition) is 4. The summed E-state index contributed by atoms with van der Waals surface area (Å²) in [5, 5.41) is 13.5. The topological polar surface area (TPSA) is 76.4 Å². The maximum atomic E-state index is 13.9. The van der Waals surface area contributed by atoms with Gasteiger partial charge in [0.25, 0.3) is 5.56 Å². The Morgan fingerprint density at radius 2 is 1.10 bits per heavy atom.